The summed E-state index contributed by atoms with van der Waals surface area (Å²) in [5.74, 6) is -2.06. The van der Waals surface area contributed by atoms with Crippen molar-refractivity contribution >= 4 is 58.6 Å². The fourth-order valence-electron chi connectivity index (χ4n) is 12.0. The van der Waals surface area contributed by atoms with Crippen molar-refractivity contribution < 1.29 is 56.3 Å². The first kappa shape index (κ1) is 57.0. The number of amides is 5. The van der Waals surface area contributed by atoms with Gasteiger partial charge in [0.25, 0.3) is 15.9 Å². The number of carboxylic acid groups (broad SMARTS) is 1. The van der Waals surface area contributed by atoms with Crippen LogP contribution in [0.5, 0.6) is 5.75 Å². The maximum absolute atomic E-state index is 13.8. The van der Waals surface area contributed by atoms with Gasteiger partial charge in [-0.05, 0) is 146 Å². The lowest BCUT2D eigenvalue weighted by Crippen LogP contribution is -2.65. The van der Waals surface area contributed by atoms with Crippen LogP contribution in [-0.4, -0.2) is 122 Å². The third-order valence-electron chi connectivity index (χ3n) is 16.4. The molecule has 6 aliphatic rings. The standard InChI is InChI=1S/C53H77BN8O12S/c1-30-31(2)46(32(3)45-37(30)28-51(5,6)72-45)75(70,71)61-50(55)57-24-12-14-38(60-43(64)21-22-44(65)66)48(68)56-23-11-10-16-42(63)58-29-34-17-19-35(20-18-34)47(67)59-33(4)49(69)62-25-13-15-41(62)54-73-40-27-36-26-39(52(36,7)8)53(40,9)74-54/h17-20,33,36,38-41H,10-16,21-29H2,1-9H3,(H,56,68)(H,58,63)(H,59,67)(H,60,64)(H,65,66)(H3,55,57,61)/t33-,36+,38+,39+,40?,41+,53+/m1/s1. The second-order valence-electron chi connectivity index (χ2n) is 22.6. The number of sulfonamides is 1. The summed E-state index contributed by atoms with van der Waals surface area (Å²) in [5, 5.41) is 20.1. The highest BCUT2D eigenvalue weighted by Crippen LogP contribution is 2.66. The Morgan fingerprint density at radius 3 is 2.32 bits per heavy atom. The molecule has 75 heavy (non-hydrogen) atoms. The molecular formula is C53H77BN8O12S. The van der Waals surface area contributed by atoms with Crippen LogP contribution in [-0.2, 0) is 56.3 Å². The molecule has 3 aliphatic heterocycles. The Kier molecular flexibility index (Phi) is 17.4. The summed E-state index contributed by atoms with van der Waals surface area (Å²) in [4.78, 5) is 82.7. The lowest BCUT2D eigenvalue weighted by Gasteiger charge is -2.64. The molecule has 0 aromatic heterocycles. The molecule has 410 valence electrons. The summed E-state index contributed by atoms with van der Waals surface area (Å²) in [6, 6.07) is 4.96. The number of ether oxygens (including phenoxy) is 1. The number of hydrogen-bond acceptors (Lipinski definition) is 12. The van der Waals surface area contributed by atoms with Gasteiger partial charge in [0.2, 0.25) is 29.6 Å². The van der Waals surface area contributed by atoms with Gasteiger partial charge in [-0.15, -0.1) is 0 Å². The highest BCUT2D eigenvalue weighted by atomic mass is 32.2. The van der Waals surface area contributed by atoms with Gasteiger partial charge in [0.15, 0.2) is 0 Å². The highest BCUT2D eigenvalue weighted by Gasteiger charge is 2.69. The molecule has 3 saturated carbocycles. The van der Waals surface area contributed by atoms with Crippen molar-refractivity contribution in [2.45, 2.75) is 186 Å². The number of nitrogens with one attached hydrogen (secondary N) is 5. The summed E-state index contributed by atoms with van der Waals surface area (Å²) in [7, 11) is -4.65. The lowest BCUT2D eigenvalue weighted by molar-refractivity contribution is -0.199. The first-order valence-electron chi connectivity index (χ1n) is 26.5. The summed E-state index contributed by atoms with van der Waals surface area (Å²) >= 11 is 0. The molecule has 5 fully saturated rings. The van der Waals surface area contributed by atoms with Crippen molar-refractivity contribution in [3.05, 3.63) is 57.6 Å². The maximum atomic E-state index is 13.8. The van der Waals surface area contributed by atoms with E-state index in [0.717, 1.165) is 42.4 Å². The van der Waals surface area contributed by atoms with Crippen molar-refractivity contribution in [1.82, 2.24) is 30.9 Å². The molecule has 2 aromatic rings. The minimum Gasteiger partial charge on any atom is -0.487 e. The summed E-state index contributed by atoms with van der Waals surface area (Å²) in [6.07, 6.45) is 4.99. The molecule has 1 unspecified atom stereocenters. The monoisotopic (exact) mass is 1060 g/mol. The van der Waals surface area contributed by atoms with Gasteiger partial charge < -0.3 is 51.1 Å². The van der Waals surface area contributed by atoms with Crippen LogP contribution in [0.4, 0.5) is 0 Å². The normalized spacial score (nSPS) is 23.9. The molecule has 0 spiro atoms. The number of rotatable bonds is 22. The van der Waals surface area contributed by atoms with Gasteiger partial charge >= 0.3 is 13.1 Å². The molecule has 2 saturated heterocycles. The molecule has 0 radical (unpaired) electrons. The van der Waals surface area contributed by atoms with E-state index in [4.69, 9.17) is 24.9 Å². The Morgan fingerprint density at radius 1 is 0.907 bits per heavy atom. The fourth-order valence-corrected chi connectivity index (χ4v) is 13.4. The molecular weight excluding hydrogens is 984 g/mol. The van der Waals surface area contributed by atoms with Crippen LogP contribution in [0.1, 0.15) is 150 Å². The first-order valence-corrected chi connectivity index (χ1v) is 27.9. The number of likely N-dealkylation sites (tertiary alicyclic amines) is 1. The van der Waals surface area contributed by atoms with Gasteiger partial charge in [0, 0.05) is 62.1 Å². The second-order valence-corrected chi connectivity index (χ2v) is 24.2. The second kappa shape index (κ2) is 22.8. The van der Waals surface area contributed by atoms with Crippen LogP contribution in [0.15, 0.2) is 34.2 Å². The van der Waals surface area contributed by atoms with Gasteiger partial charge in [0.05, 0.1) is 29.0 Å². The molecule has 5 amide bonds. The first-order chi connectivity index (χ1) is 35.2. The molecule has 8 N–H and O–H groups in total. The SMILES string of the molecule is Cc1c(C)c(S(=O)(=O)NC(N)=NCCC[C@H](NC(=O)CCC(=O)O)C(=O)NCCCCC(=O)NCc2ccc(C(=O)N[C@H](C)C(=O)N3CCC[C@H]3B3OC4C[C@@H]5C[C@@H](C5(C)C)[C@]4(C)O3)cc2)c(C)c2c1CC(C)(C)O2. The predicted octanol–water partition coefficient (Wildman–Crippen LogP) is 4.03. The average Bonchev–Trinajstić information content (AvgIpc) is 4.07. The number of carbonyl (C=O) groups excluding carboxylic acids is 5. The number of nitrogens with zero attached hydrogens (tertiary/aromatic N) is 2. The van der Waals surface area contributed by atoms with Crippen LogP contribution < -0.4 is 36.5 Å². The van der Waals surface area contributed by atoms with E-state index in [1.807, 2.05) is 25.7 Å². The van der Waals surface area contributed by atoms with Crippen LogP contribution >= 0.6 is 0 Å². The van der Waals surface area contributed by atoms with Gasteiger partial charge in [-0.1, -0.05) is 26.0 Å². The number of nitrogens with two attached hydrogens (primary N) is 1. The number of aliphatic imine (C=N–C) groups is 1. The Morgan fingerprint density at radius 2 is 1.63 bits per heavy atom. The van der Waals surface area contributed by atoms with E-state index in [2.05, 4.69) is 51.8 Å². The highest BCUT2D eigenvalue weighted by molar-refractivity contribution is 7.90. The third kappa shape index (κ3) is 12.8. The van der Waals surface area contributed by atoms with Crippen molar-refractivity contribution in [2.24, 2.45) is 28.0 Å². The van der Waals surface area contributed by atoms with Gasteiger partial charge in [-0.2, -0.15) is 0 Å². The summed E-state index contributed by atoms with van der Waals surface area (Å²) in [5.41, 5.74) is 9.40. The Hall–Kier alpha value is -5.74. The number of aliphatic carboxylic acids is 1. The van der Waals surface area contributed by atoms with E-state index in [9.17, 15) is 37.2 Å². The van der Waals surface area contributed by atoms with Crippen molar-refractivity contribution in [3.63, 3.8) is 0 Å². The van der Waals surface area contributed by atoms with Crippen molar-refractivity contribution in [2.75, 3.05) is 19.6 Å². The number of benzene rings is 2. The van der Waals surface area contributed by atoms with Crippen molar-refractivity contribution in [1.29, 1.82) is 0 Å². The molecule has 22 heteroatoms. The molecule has 3 heterocycles. The topological polar surface area (TPSA) is 286 Å². The minimum atomic E-state index is -4.16. The van der Waals surface area contributed by atoms with E-state index < -0.39 is 59.0 Å². The number of hydrogen-bond donors (Lipinski definition) is 7. The average molecular weight is 1060 g/mol. The van der Waals surface area contributed by atoms with Crippen LogP contribution in [0.3, 0.4) is 0 Å². The fraction of sp³-hybridized carbons (Fsp3) is 0.642. The van der Waals surface area contributed by atoms with E-state index in [-0.39, 0.29) is 97.0 Å². The number of guanidine groups is 1. The predicted molar refractivity (Wildman–Crippen MR) is 281 cm³/mol. The number of carboxylic acids is 1. The van der Waals surface area contributed by atoms with Gasteiger partial charge in [0.1, 0.15) is 23.4 Å². The number of carbonyl (C=O) groups is 6. The van der Waals surface area contributed by atoms with Crippen LogP contribution in [0.25, 0.3) is 0 Å². The van der Waals surface area contributed by atoms with E-state index >= 15 is 0 Å². The lowest BCUT2D eigenvalue weighted by atomic mass is 9.43. The number of fused-ring (bicyclic) bond motifs is 1. The molecule has 8 rings (SSSR count). The Balaban J connectivity index is 0.809. The largest absolute Gasteiger partial charge is 0.487 e. The van der Waals surface area contributed by atoms with E-state index in [1.54, 1.807) is 45.0 Å². The molecule has 7 atom stereocenters. The maximum Gasteiger partial charge on any atom is 0.481 e. The molecule has 2 bridgehead atoms. The minimum absolute atomic E-state index is 0.00422. The van der Waals surface area contributed by atoms with Gasteiger partial charge in [-0.3, -0.25) is 33.8 Å². The molecule has 20 nitrogen and oxygen atoms in total. The Bertz CT molecular complexity index is 2680. The zero-order valence-electron chi connectivity index (χ0n) is 45.0. The third-order valence-corrected chi connectivity index (χ3v) is 18.0. The summed E-state index contributed by atoms with van der Waals surface area (Å²) < 4.78 is 48.9. The molecule has 2 aromatic carbocycles. The smallest absolute Gasteiger partial charge is 0.481 e. The number of unbranched alkanes of at least 4 members (excludes halogenated alkanes) is 1. The zero-order chi connectivity index (χ0) is 54.8. The summed E-state index contributed by atoms with van der Waals surface area (Å²) in [6.45, 7) is 18.7. The quantitative estimate of drug-likeness (QED) is 0.0380. The van der Waals surface area contributed by atoms with Crippen molar-refractivity contribution in [3.8, 4) is 5.75 Å². The Labute approximate surface area is 441 Å². The van der Waals surface area contributed by atoms with Crippen LogP contribution in [0.2, 0.25) is 0 Å². The van der Waals surface area contributed by atoms with E-state index in [1.165, 1.54) is 0 Å². The zero-order valence-corrected chi connectivity index (χ0v) is 45.8. The van der Waals surface area contributed by atoms with E-state index in [0.29, 0.717) is 60.1 Å². The molecule has 3 aliphatic carbocycles. The van der Waals surface area contributed by atoms with Crippen LogP contribution in [0, 0.1) is 38.0 Å². The van der Waals surface area contributed by atoms with Gasteiger partial charge in [-0.25, -0.2) is 13.1 Å².